The molecule has 5 aromatic carbocycles. The van der Waals surface area contributed by atoms with Crippen molar-refractivity contribution in [1.29, 1.82) is 0 Å². The number of ether oxygens (including phenoxy) is 2. The van der Waals surface area contributed by atoms with E-state index in [0.29, 0.717) is 25.8 Å². The molecule has 1 heterocycles. The van der Waals surface area contributed by atoms with E-state index in [-0.39, 0.29) is 37.2 Å². The summed E-state index contributed by atoms with van der Waals surface area (Å²) in [6, 6.07) is 39.8. The molecule has 1 amide bonds. The van der Waals surface area contributed by atoms with Crippen LogP contribution in [0.4, 0.5) is 0 Å². The number of rotatable bonds is 17. The van der Waals surface area contributed by atoms with Gasteiger partial charge in [-0.05, 0) is 83.1 Å². The molecule has 0 spiro atoms. The maximum Gasteiger partial charge on any atom is 0.303 e. The highest BCUT2D eigenvalue weighted by Gasteiger charge is 2.33. The maximum atomic E-state index is 12.4. The lowest BCUT2D eigenvalue weighted by Crippen LogP contribution is -2.38. The number of benzene rings is 5. The summed E-state index contributed by atoms with van der Waals surface area (Å²) in [6.07, 6.45) is 3.60. The van der Waals surface area contributed by atoms with E-state index in [9.17, 15) is 14.7 Å². The van der Waals surface area contributed by atoms with E-state index >= 15 is 0 Å². The lowest BCUT2D eigenvalue weighted by molar-refractivity contribution is -0.253. The first-order valence-electron chi connectivity index (χ1n) is 19.1. The molecule has 0 aromatic heterocycles. The van der Waals surface area contributed by atoms with Crippen molar-refractivity contribution in [2.24, 2.45) is 0 Å². The average Bonchev–Trinajstić information content (AvgIpc) is 3.20. The number of hydrogen-bond donors (Lipinski definition) is 3. The summed E-state index contributed by atoms with van der Waals surface area (Å²) in [6.45, 7) is 3.42. The van der Waals surface area contributed by atoms with Crippen LogP contribution in [-0.4, -0.2) is 46.7 Å². The van der Waals surface area contributed by atoms with Crippen molar-refractivity contribution in [3.63, 3.8) is 0 Å². The second-order valence-corrected chi connectivity index (χ2v) is 14.5. The van der Waals surface area contributed by atoms with Crippen LogP contribution in [0.1, 0.15) is 98.1 Å². The smallest absolute Gasteiger partial charge is 0.303 e. The second kappa shape index (κ2) is 18.9. The third kappa shape index (κ3) is 10.6. The molecular weight excluding hydrogens is 677 g/mol. The van der Waals surface area contributed by atoms with Gasteiger partial charge in [0.2, 0.25) is 5.91 Å². The van der Waals surface area contributed by atoms with E-state index < -0.39 is 12.3 Å². The van der Waals surface area contributed by atoms with Gasteiger partial charge in [0, 0.05) is 44.0 Å². The number of carbonyl (C=O) groups excluding carboxylic acids is 1. The van der Waals surface area contributed by atoms with Crippen LogP contribution in [0.15, 0.2) is 115 Å². The molecule has 8 nitrogen and oxygen atoms in total. The van der Waals surface area contributed by atoms with Gasteiger partial charge in [-0.2, -0.15) is 0 Å². The fraction of sp³-hybridized carbons (Fsp3) is 0.348. The highest BCUT2D eigenvalue weighted by atomic mass is 16.7. The number of aliphatic hydroxyl groups excluding tert-OH is 1. The summed E-state index contributed by atoms with van der Waals surface area (Å²) in [5.74, 6) is -0.768. The third-order valence-corrected chi connectivity index (χ3v) is 10.5. The van der Waals surface area contributed by atoms with Gasteiger partial charge in [0.25, 0.3) is 0 Å². The number of aliphatic carboxylic acids is 1. The van der Waals surface area contributed by atoms with Gasteiger partial charge in [0.15, 0.2) is 6.29 Å². The summed E-state index contributed by atoms with van der Waals surface area (Å²) in [4.78, 5) is 25.4. The molecule has 1 saturated heterocycles. The SMILES string of the molecule is C[C@H](c1ccc2ccccc2c1)N(C)C[C@@H]1C[C@H](c2ccc(CO)cc2)O[C@H](c2ccc(-c3cccc(CNC(=O)CCCCCCC(=O)O)c3)cc2)O1. The van der Waals surface area contributed by atoms with E-state index in [4.69, 9.17) is 14.6 Å². The number of carbonyl (C=O) groups is 2. The van der Waals surface area contributed by atoms with Crippen molar-refractivity contribution in [2.45, 2.75) is 89.6 Å². The largest absolute Gasteiger partial charge is 0.481 e. The van der Waals surface area contributed by atoms with Crippen LogP contribution in [-0.2, 0) is 32.2 Å². The number of carboxylic acid groups (broad SMARTS) is 1. The first kappa shape index (κ1) is 38.9. The zero-order chi connectivity index (χ0) is 37.9. The van der Waals surface area contributed by atoms with Crippen molar-refractivity contribution in [1.82, 2.24) is 10.2 Å². The fourth-order valence-electron chi connectivity index (χ4n) is 7.13. The number of likely N-dealkylation sites (N-methyl/N-ethyl adjacent to an activating group) is 1. The van der Waals surface area contributed by atoms with Gasteiger partial charge in [0.05, 0.1) is 18.8 Å². The summed E-state index contributed by atoms with van der Waals surface area (Å²) in [7, 11) is 2.15. The highest BCUT2D eigenvalue weighted by Crippen LogP contribution is 2.39. The average molecular weight is 729 g/mol. The molecule has 1 aliphatic rings. The van der Waals surface area contributed by atoms with E-state index in [2.05, 4.69) is 103 Å². The number of aliphatic hydroxyl groups is 1. The zero-order valence-corrected chi connectivity index (χ0v) is 31.3. The molecule has 5 aromatic rings. The van der Waals surface area contributed by atoms with Crippen LogP contribution in [0.25, 0.3) is 21.9 Å². The predicted molar refractivity (Wildman–Crippen MR) is 212 cm³/mol. The Hall–Kier alpha value is -4.86. The first-order valence-corrected chi connectivity index (χ1v) is 19.1. The number of fused-ring (bicyclic) bond motifs is 1. The first-order chi connectivity index (χ1) is 26.2. The van der Waals surface area contributed by atoms with Crippen LogP contribution in [0, 0.1) is 0 Å². The van der Waals surface area contributed by atoms with Gasteiger partial charge in [-0.1, -0.05) is 116 Å². The maximum absolute atomic E-state index is 12.4. The van der Waals surface area contributed by atoms with Crippen molar-refractivity contribution in [3.8, 4) is 11.1 Å². The van der Waals surface area contributed by atoms with Gasteiger partial charge in [-0.15, -0.1) is 0 Å². The molecule has 6 rings (SSSR count). The molecule has 4 atom stereocenters. The van der Waals surface area contributed by atoms with Crippen molar-refractivity contribution < 1.29 is 29.3 Å². The standard InChI is InChI=1S/C46H52N2O6/c1-32(39-25-22-35-11-7-8-12-41(35)27-39)48(2)30-42-28-43(37-18-16-33(31-49)17-19-37)54-46(53-42)38-23-20-36(21-24-38)40-13-9-10-34(26-40)29-47-44(50)14-5-3-4-6-15-45(51)52/h7-13,16-27,32,42-43,46,49H,3-6,14-15,28-31H2,1-2H3,(H,47,50)(H,51,52)/t32-,42+,43-,46-/m1/s1. The quantitative estimate of drug-likeness (QED) is 0.0820. The van der Waals surface area contributed by atoms with Crippen LogP contribution in [0.5, 0.6) is 0 Å². The Bertz CT molecular complexity index is 1980. The molecular formula is C46H52N2O6. The third-order valence-electron chi connectivity index (χ3n) is 10.5. The lowest BCUT2D eigenvalue weighted by atomic mass is 9.98. The Kier molecular flexibility index (Phi) is 13.6. The Morgan fingerprint density at radius 2 is 1.48 bits per heavy atom. The molecule has 3 N–H and O–H groups in total. The molecule has 0 radical (unpaired) electrons. The van der Waals surface area contributed by atoms with E-state index in [1.165, 1.54) is 16.3 Å². The number of hydrogen-bond acceptors (Lipinski definition) is 6. The van der Waals surface area contributed by atoms with Crippen LogP contribution < -0.4 is 5.32 Å². The van der Waals surface area contributed by atoms with Gasteiger partial charge in [0.1, 0.15) is 0 Å². The van der Waals surface area contributed by atoms with E-state index in [1.54, 1.807) is 0 Å². The summed E-state index contributed by atoms with van der Waals surface area (Å²) >= 11 is 0. The van der Waals surface area contributed by atoms with E-state index in [1.807, 2.05) is 36.4 Å². The van der Waals surface area contributed by atoms with Crippen LogP contribution >= 0.6 is 0 Å². The Balaban J connectivity index is 1.10. The van der Waals surface area contributed by atoms with Crippen LogP contribution in [0.3, 0.4) is 0 Å². The van der Waals surface area contributed by atoms with Gasteiger partial charge < -0.3 is 25.0 Å². The fourth-order valence-corrected chi connectivity index (χ4v) is 7.13. The summed E-state index contributed by atoms with van der Waals surface area (Å²) in [5.41, 5.74) is 7.27. The van der Waals surface area contributed by atoms with E-state index in [0.717, 1.165) is 59.2 Å². The molecule has 0 saturated carbocycles. The monoisotopic (exact) mass is 728 g/mol. The minimum Gasteiger partial charge on any atom is -0.481 e. The second-order valence-electron chi connectivity index (χ2n) is 14.5. The topological polar surface area (TPSA) is 108 Å². The Morgan fingerprint density at radius 1 is 0.759 bits per heavy atom. The highest BCUT2D eigenvalue weighted by molar-refractivity contribution is 5.83. The Morgan fingerprint density at radius 3 is 2.22 bits per heavy atom. The number of unbranched alkanes of at least 4 members (excludes halogenated alkanes) is 3. The Labute approximate surface area is 318 Å². The van der Waals surface area contributed by atoms with Gasteiger partial charge in [-0.25, -0.2) is 0 Å². The number of carboxylic acids is 1. The summed E-state index contributed by atoms with van der Waals surface area (Å²) in [5, 5.41) is 23.9. The van der Waals surface area contributed by atoms with Crippen LogP contribution in [0.2, 0.25) is 0 Å². The molecule has 0 bridgehead atoms. The van der Waals surface area contributed by atoms with Gasteiger partial charge >= 0.3 is 5.97 Å². The molecule has 1 aliphatic heterocycles. The number of nitrogens with one attached hydrogen (secondary N) is 1. The molecule has 54 heavy (non-hydrogen) atoms. The number of amides is 1. The van der Waals surface area contributed by atoms with Crippen molar-refractivity contribution in [2.75, 3.05) is 13.6 Å². The molecule has 282 valence electrons. The predicted octanol–water partition coefficient (Wildman–Crippen LogP) is 9.28. The molecule has 0 aliphatic carbocycles. The van der Waals surface area contributed by atoms with Crippen molar-refractivity contribution >= 4 is 22.6 Å². The summed E-state index contributed by atoms with van der Waals surface area (Å²) < 4.78 is 13.3. The lowest BCUT2D eigenvalue weighted by Gasteiger charge is -2.39. The number of nitrogens with zero attached hydrogens (tertiary/aromatic N) is 1. The normalized spacial score (nSPS) is 17.7. The minimum absolute atomic E-state index is 0.000330. The molecule has 1 fully saturated rings. The molecule has 0 unspecified atom stereocenters. The van der Waals surface area contributed by atoms with Crippen molar-refractivity contribution in [3.05, 3.63) is 143 Å². The molecule has 8 heteroatoms. The minimum atomic E-state index is -0.773. The zero-order valence-electron chi connectivity index (χ0n) is 31.3. The van der Waals surface area contributed by atoms with Gasteiger partial charge in [-0.3, -0.25) is 14.5 Å².